The number of rotatable bonds is 3. The first-order chi connectivity index (χ1) is 8.90. The van der Waals surface area contributed by atoms with Crippen molar-refractivity contribution in [2.45, 2.75) is 6.54 Å². The molecule has 2 aromatic heterocycles. The van der Waals surface area contributed by atoms with Gasteiger partial charge in [0.25, 0.3) is 5.56 Å². The first-order valence-corrected chi connectivity index (χ1v) is 5.29. The standard InChI is InChI=1S/C10H11N5O4/c1-13-6(3-8(16)14(2)10(13)19)4-15-5-7(9(17)18)11-12-15/h3,5H,4H2,1-2H3,(H,17,18). The van der Waals surface area contributed by atoms with Gasteiger partial charge in [0.15, 0.2) is 5.69 Å². The molecule has 0 unspecified atom stereocenters. The molecule has 0 aromatic carbocycles. The third-order valence-corrected chi connectivity index (χ3v) is 2.71. The molecule has 1 N–H and O–H groups in total. The van der Waals surface area contributed by atoms with E-state index in [1.807, 2.05) is 0 Å². The second-order valence-corrected chi connectivity index (χ2v) is 3.98. The zero-order valence-electron chi connectivity index (χ0n) is 10.3. The van der Waals surface area contributed by atoms with Gasteiger partial charge in [-0.2, -0.15) is 0 Å². The molecule has 0 spiro atoms. The summed E-state index contributed by atoms with van der Waals surface area (Å²) in [4.78, 5) is 33.9. The summed E-state index contributed by atoms with van der Waals surface area (Å²) in [5.41, 5.74) is -0.679. The number of carboxylic acid groups (broad SMARTS) is 1. The number of hydrogen-bond donors (Lipinski definition) is 1. The van der Waals surface area contributed by atoms with Gasteiger partial charge in [-0.1, -0.05) is 5.21 Å². The smallest absolute Gasteiger partial charge is 0.358 e. The quantitative estimate of drug-likeness (QED) is 0.717. The van der Waals surface area contributed by atoms with E-state index in [9.17, 15) is 14.4 Å². The minimum absolute atomic E-state index is 0.0854. The van der Waals surface area contributed by atoms with Crippen LogP contribution in [0.15, 0.2) is 21.9 Å². The molecule has 9 nitrogen and oxygen atoms in total. The van der Waals surface area contributed by atoms with Crippen LogP contribution in [-0.4, -0.2) is 35.2 Å². The molecule has 100 valence electrons. The van der Waals surface area contributed by atoms with E-state index in [0.717, 1.165) is 4.57 Å². The summed E-state index contributed by atoms with van der Waals surface area (Å²) < 4.78 is 3.52. The molecule has 0 saturated carbocycles. The monoisotopic (exact) mass is 265 g/mol. The zero-order valence-corrected chi connectivity index (χ0v) is 10.3. The zero-order chi connectivity index (χ0) is 14.2. The van der Waals surface area contributed by atoms with Crippen LogP contribution >= 0.6 is 0 Å². The van der Waals surface area contributed by atoms with E-state index in [0.29, 0.717) is 5.69 Å². The highest BCUT2D eigenvalue weighted by Gasteiger charge is 2.11. The maximum absolute atomic E-state index is 11.7. The van der Waals surface area contributed by atoms with Crippen molar-refractivity contribution in [2.24, 2.45) is 14.1 Å². The van der Waals surface area contributed by atoms with E-state index in [2.05, 4.69) is 10.3 Å². The topological polar surface area (TPSA) is 112 Å². The Hall–Kier alpha value is -2.71. The van der Waals surface area contributed by atoms with Crippen molar-refractivity contribution in [2.75, 3.05) is 0 Å². The Labute approximate surface area is 106 Å². The highest BCUT2D eigenvalue weighted by Crippen LogP contribution is 1.98. The molecule has 0 aliphatic heterocycles. The van der Waals surface area contributed by atoms with Crippen LogP contribution in [-0.2, 0) is 20.6 Å². The van der Waals surface area contributed by atoms with Crippen molar-refractivity contribution in [1.29, 1.82) is 0 Å². The van der Waals surface area contributed by atoms with Gasteiger partial charge < -0.3 is 5.11 Å². The summed E-state index contributed by atoms with van der Waals surface area (Å²) in [7, 11) is 2.90. The molecule has 0 bridgehead atoms. The van der Waals surface area contributed by atoms with Crippen LogP contribution < -0.4 is 11.2 Å². The van der Waals surface area contributed by atoms with E-state index >= 15 is 0 Å². The average molecular weight is 265 g/mol. The maximum Gasteiger partial charge on any atom is 0.358 e. The highest BCUT2D eigenvalue weighted by molar-refractivity contribution is 5.84. The van der Waals surface area contributed by atoms with Gasteiger partial charge in [0.1, 0.15) is 0 Å². The Kier molecular flexibility index (Phi) is 3.03. The Bertz CT molecular complexity index is 754. The maximum atomic E-state index is 11.7. The van der Waals surface area contributed by atoms with Gasteiger partial charge in [-0.3, -0.25) is 13.9 Å². The molecular formula is C10H11N5O4. The minimum Gasteiger partial charge on any atom is -0.476 e. The van der Waals surface area contributed by atoms with Crippen LogP contribution in [0.25, 0.3) is 0 Å². The molecule has 0 aliphatic rings. The van der Waals surface area contributed by atoms with Gasteiger partial charge in [-0.25, -0.2) is 14.3 Å². The number of aromatic nitrogens is 5. The fourth-order valence-corrected chi connectivity index (χ4v) is 1.57. The normalized spacial score (nSPS) is 10.6. The predicted octanol–water partition coefficient (Wildman–Crippen LogP) is -1.58. The van der Waals surface area contributed by atoms with Gasteiger partial charge in [0, 0.05) is 25.9 Å². The summed E-state index contributed by atoms with van der Waals surface area (Å²) in [6.45, 7) is 0.0854. The Morgan fingerprint density at radius 1 is 1.32 bits per heavy atom. The van der Waals surface area contributed by atoms with E-state index in [1.54, 1.807) is 0 Å². The number of carboxylic acids is 1. The lowest BCUT2D eigenvalue weighted by Gasteiger charge is -2.08. The molecule has 9 heteroatoms. The Morgan fingerprint density at radius 3 is 2.58 bits per heavy atom. The van der Waals surface area contributed by atoms with E-state index < -0.39 is 17.2 Å². The first-order valence-electron chi connectivity index (χ1n) is 5.29. The van der Waals surface area contributed by atoms with Gasteiger partial charge in [0.05, 0.1) is 12.7 Å². The third kappa shape index (κ3) is 2.30. The number of aromatic carboxylic acids is 1. The van der Waals surface area contributed by atoms with Crippen LogP contribution in [0, 0.1) is 0 Å². The minimum atomic E-state index is -1.19. The SMILES string of the molecule is Cn1c(Cn2cc(C(=O)O)nn2)cc(=O)n(C)c1=O. The summed E-state index contributed by atoms with van der Waals surface area (Å²) in [5, 5.41) is 15.8. The molecule has 0 amide bonds. The van der Waals surface area contributed by atoms with Gasteiger partial charge in [-0.05, 0) is 0 Å². The molecule has 2 heterocycles. The fourth-order valence-electron chi connectivity index (χ4n) is 1.57. The Morgan fingerprint density at radius 2 is 2.00 bits per heavy atom. The van der Waals surface area contributed by atoms with Crippen LogP contribution in [0.1, 0.15) is 16.2 Å². The van der Waals surface area contributed by atoms with Crippen molar-refractivity contribution in [1.82, 2.24) is 24.1 Å². The first kappa shape index (κ1) is 12.7. The van der Waals surface area contributed by atoms with Crippen molar-refractivity contribution < 1.29 is 9.90 Å². The molecule has 0 radical (unpaired) electrons. The van der Waals surface area contributed by atoms with E-state index in [1.165, 1.54) is 35.6 Å². The van der Waals surface area contributed by atoms with Crippen molar-refractivity contribution in [3.05, 3.63) is 44.5 Å². The van der Waals surface area contributed by atoms with Crippen LogP contribution in [0.5, 0.6) is 0 Å². The lowest BCUT2D eigenvalue weighted by molar-refractivity contribution is 0.0690. The van der Waals surface area contributed by atoms with E-state index in [4.69, 9.17) is 5.11 Å². The predicted molar refractivity (Wildman–Crippen MR) is 63.0 cm³/mol. The van der Waals surface area contributed by atoms with Crippen LogP contribution in [0.2, 0.25) is 0 Å². The van der Waals surface area contributed by atoms with Crippen molar-refractivity contribution in [3.63, 3.8) is 0 Å². The second-order valence-electron chi connectivity index (χ2n) is 3.98. The van der Waals surface area contributed by atoms with Crippen LogP contribution in [0.3, 0.4) is 0 Å². The molecule has 0 saturated heterocycles. The summed E-state index contributed by atoms with van der Waals surface area (Å²) in [6, 6.07) is 1.30. The molecule has 0 aliphatic carbocycles. The van der Waals surface area contributed by atoms with Gasteiger partial charge >= 0.3 is 11.7 Å². The Balaban J connectivity index is 2.41. The molecule has 2 aromatic rings. The molecule has 0 fully saturated rings. The highest BCUT2D eigenvalue weighted by atomic mass is 16.4. The summed E-state index contributed by atoms with van der Waals surface area (Å²) in [5.74, 6) is -1.19. The molecular weight excluding hydrogens is 254 g/mol. The van der Waals surface area contributed by atoms with Gasteiger partial charge in [-0.15, -0.1) is 5.10 Å². The second kappa shape index (κ2) is 4.52. The number of hydrogen-bond acceptors (Lipinski definition) is 5. The molecule has 19 heavy (non-hydrogen) atoms. The average Bonchev–Trinajstić information content (AvgIpc) is 2.82. The number of nitrogens with zero attached hydrogens (tertiary/aromatic N) is 5. The van der Waals surface area contributed by atoms with Crippen LogP contribution in [0.4, 0.5) is 0 Å². The lowest BCUT2D eigenvalue weighted by atomic mass is 10.4. The third-order valence-electron chi connectivity index (χ3n) is 2.71. The van der Waals surface area contributed by atoms with Crippen molar-refractivity contribution in [3.8, 4) is 0 Å². The largest absolute Gasteiger partial charge is 0.476 e. The van der Waals surface area contributed by atoms with Crippen molar-refractivity contribution >= 4 is 5.97 Å². The lowest BCUT2D eigenvalue weighted by Crippen LogP contribution is -2.38. The molecule has 0 atom stereocenters. The summed E-state index contributed by atoms with van der Waals surface area (Å²) >= 11 is 0. The van der Waals surface area contributed by atoms with Gasteiger partial charge in [0.2, 0.25) is 0 Å². The summed E-state index contributed by atoms with van der Waals surface area (Å²) in [6.07, 6.45) is 1.23. The van der Waals surface area contributed by atoms with E-state index in [-0.39, 0.29) is 12.2 Å². The number of carbonyl (C=O) groups is 1. The molecule has 2 rings (SSSR count). The fraction of sp³-hybridized carbons (Fsp3) is 0.300.